The van der Waals surface area contributed by atoms with E-state index in [-0.39, 0.29) is 21.0 Å². The Bertz CT molecular complexity index is 1490. The first kappa shape index (κ1) is 25.5. The highest BCUT2D eigenvalue weighted by molar-refractivity contribution is 7.92. The Morgan fingerprint density at radius 1 is 1.00 bits per heavy atom. The Kier molecular flexibility index (Phi) is 7.79. The molecule has 0 spiro atoms. The number of hydrogen-bond donors (Lipinski definition) is 3. The maximum atomic E-state index is 12.6. The zero-order chi connectivity index (χ0) is 25.7. The van der Waals surface area contributed by atoms with Gasteiger partial charge in [0.2, 0.25) is 0 Å². The topological polar surface area (TPSA) is 122 Å². The number of esters is 1. The number of sulfonamides is 1. The molecule has 13 heteroatoms. The number of anilines is 3. The molecule has 0 bridgehead atoms. The number of halogens is 1. The Labute approximate surface area is 221 Å². The summed E-state index contributed by atoms with van der Waals surface area (Å²) in [6, 6.07) is 20.1. The Morgan fingerprint density at radius 2 is 1.72 bits per heavy atom. The van der Waals surface area contributed by atoms with Crippen molar-refractivity contribution in [3.63, 3.8) is 0 Å². The lowest BCUT2D eigenvalue weighted by Gasteiger charge is -2.11. The van der Waals surface area contributed by atoms with Gasteiger partial charge >= 0.3 is 5.97 Å². The van der Waals surface area contributed by atoms with Crippen LogP contribution in [0.1, 0.15) is 10.4 Å². The van der Waals surface area contributed by atoms with Gasteiger partial charge in [-0.25, -0.2) is 13.2 Å². The normalized spacial score (nSPS) is 10.9. The van der Waals surface area contributed by atoms with Gasteiger partial charge < -0.3 is 15.4 Å². The molecule has 2 heterocycles. The SMILES string of the molecule is COC(=O)c1cc(-c2ccccc2)sc1NC(=S)Nc1ccc(S(=O)(=O)Nc2ccc(Cl)nn2)cc1. The van der Waals surface area contributed by atoms with Crippen LogP contribution in [0.4, 0.5) is 16.5 Å². The van der Waals surface area contributed by atoms with Crippen LogP contribution >= 0.6 is 35.2 Å². The monoisotopic (exact) mass is 559 g/mol. The van der Waals surface area contributed by atoms with Gasteiger partial charge in [-0.15, -0.1) is 21.5 Å². The van der Waals surface area contributed by atoms with Crippen LogP contribution in [0.3, 0.4) is 0 Å². The van der Waals surface area contributed by atoms with E-state index in [4.69, 9.17) is 28.6 Å². The molecule has 0 aliphatic heterocycles. The van der Waals surface area contributed by atoms with Crippen LogP contribution in [0.15, 0.2) is 77.7 Å². The molecule has 184 valence electrons. The number of carbonyl (C=O) groups excluding carboxylic acids is 1. The number of carbonyl (C=O) groups is 1. The van der Waals surface area contributed by atoms with Crippen LogP contribution in [0.25, 0.3) is 10.4 Å². The van der Waals surface area contributed by atoms with Crippen LogP contribution in [0, 0.1) is 0 Å². The van der Waals surface area contributed by atoms with Crippen LogP contribution in [0.2, 0.25) is 5.15 Å². The van der Waals surface area contributed by atoms with Crippen molar-refractivity contribution in [2.45, 2.75) is 4.90 Å². The lowest BCUT2D eigenvalue weighted by molar-refractivity contribution is 0.0602. The first-order chi connectivity index (χ1) is 17.2. The van der Waals surface area contributed by atoms with Gasteiger partial charge in [-0.1, -0.05) is 41.9 Å². The summed E-state index contributed by atoms with van der Waals surface area (Å²) in [5.74, 6) is -0.453. The van der Waals surface area contributed by atoms with Gasteiger partial charge in [0.15, 0.2) is 16.1 Å². The van der Waals surface area contributed by atoms with Crippen LogP contribution in [0.5, 0.6) is 0 Å². The molecule has 0 unspecified atom stereocenters. The van der Waals surface area contributed by atoms with E-state index in [9.17, 15) is 13.2 Å². The van der Waals surface area contributed by atoms with Crippen molar-refractivity contribution in [3.05, 3.63) is 83.5 Å². The van der Waals surface area contributed by atoms with Crippen molar-refractivity contribution < 1.29 is 17.9 Å². The number of nitrogens with one attached hydrogen (secondary N) is 3. The number of thiocarbonyl (C=S) groups is 1. The summed E-state index contributed by atoms with van der Waals surface area (Å²) in [6.45, 7) is 0. The fourth-order valence-electron chi connectivity index (χ4n) is 3.04. The predicted molar refractivity (Wildman–Crippen MR) is 145 cm³/mol. The van der Waals surface area contributed by atoms with E-state index < -0.39 is 16.0 Å². The molecule has 0 saturated heterocycles. The fraction of sp³-hybridized carbons (Fsp3) is 0.0435. The van der Waals surface area contributed by atoms with E-state index in [2.05, 4.69) is 25.6 Å². The fourth-order valence-corrected chi connectivity index (χ4v) is 5.48. The van der Waals surface area contributed by atoms with E-state index in [0.29, 0.717) is 16.3 Å². The molecular weight excluding hydrogens is 542 g/mol. The molecule has 3 N–H and O–H groups in total. The number of methoxy groups -OCH3 is 1. The molecule has 2 aromatic heterocycles. The minimum atomic E-state index is -3.88. The molecule has 0 aliphatic rings. The summed E-state index contributed by atoms with van der Waals surface area (Å²) in [5.41, 5.74) is 1.84. The minimum Gasteiger partial charge on any atom is -0.465 e. The van der Waals surface area contributed by atoms with Gasteiger partial charge in [-0.3, -0.25) is 4.72 Å². The maximum absolute atomic E-state index is 12.6. The molecule has 4 aromatic rings. The first-order valence-electron chi connectivity index (χ1n) is 10.2. The highest BCUT2D eigenvalue weighted by Gasteiger charge is 2.19. The third kappa shape index (κ3) is 6.15. The minimum absolute atomic E-state index is 0.0161. The second-order valence-electron chi connectivity index (χ2n) is 7.16. The molecule has 0 saturated carbocycles. The molecule has 36 heavy (non-hydrogen) atoms. The Balaban J connectivity index is 1.46. The summed E-state index contributed by atoms with van der Waals surface area (Å²) in [5, 5.41) is 14.2. The van der Waals surface area contributed by atoms with Gasteiger partial charge in [0, 0.05) is 10.6 Å². The number of thiophene rings is 1. The summed E-state index contributed by atoms with van der Waals surface area (Å²) in [4.78, 5) is 13.2. The average Bonchev–Trinajstić information content (AvgIpc) is 3.29. The number of hydrogen-bond acceptors (Lipinski definition) is 8. The average molecular weight is 560 g/mol. The molecule has 9 nitrogen and oxygen atoms in total. The van der Waals surface area contributed by atoms with Crippen LogP contribution < -0.4 is 15.4 Å². The zero-order valence-electron chi connectivity index (χ0n) is 18.6. The van der Waals surface area contributed by atoms with Crippen molar-refractivity contribution in [3.8, 4) is 10.4 Å². The van der Waals surface area contributed by atoms with Crippen molar-refractivity contribution >= 4 is 72.8 Å². The highest BCUT2D eigenvalue weighted by Crippen LogP contribution is 2.36. The van der Waals surface area contributed by atoms with Crippen molar-refractivity contribution in [1.82, 2.24) is 10.2 Å². The number of nitrogens with zero attached hydrogens (tertiary/aromatic N) is 2. The number of benzene rings is 2. The smallest absolute Gasteiger partial charge is 0.340 e. The van der Waals surface area contributed by atoms with Gasteiger partial charge in [0.25, 0.3) is 10.0 Å². The summed E-state index contributed by atoms with van der Waals surface area (Å²) in [7, 11) is -2.57. The van der Waals surface area contributed by atoms with Crippen molar-refractivity contribution in [2.24, 2.45) is 0 Å². The molecule has 2 aromatic carbocycles. The van der Waals surface area contributed by atoms with Gasteiger partial charge in [-0.2, -0.15) is 0 Å². The zero-order valence-corrected chi connectivity index (χ0v) is 21.8. The van der Waals surface area contributed by atoms with Crippen molar-refractivity contribution in [1.29, 1.82) is 0 Å². The van der Waals surface area contributed by atoms with E-state index >= 15 is 0 Å². The summed E-state index contributed by atoms with van der Waals surface area (Å²) < 4.78 is 32.4. The lowest BCUT2D eigenvalue weighted by Crippen LogP contribution is -2.20. The first-order valence-corrected chi connectivity index (χ1v) is 13.3. The standard InChI is InChI=1S/C23H18ClN5O4S3/c1-33-22(30)17-13-18(14-5-3-2-4-6-14)35-21(17)26-23(34)25-15-7-9-16(10-8-15)36(31,32)29-20-12-11-19(24)27-28-20/h2-13H,1H3,(H,28,29)(H2,25,26,34). The number of ether oxygens (including phenoxy) is 1. The Morgan fingerprint density at radius 3 is 2.36 bits per heavy atom. The van der Waals surface area contributed by atoms with E-state index in [0.717, 1.165) is 10.4 Å². The van der Waals surface area contributed by atoms with E-state index in [1.807, 2.05) is 30.3 Å². The van der Waals surface area contributed by atoms with Gasteiger partial charge in [-0.05, 0) is 60.2 Å². The predicted octanol–water partition coefficient (Wildman–Crippen LogP) is 5.25. The number of aromatic nitrogens is 2. The summed E-state index contributed by atoms with van der Waals surface area (Å²) >= 11 is 12.4. The third-order valence-electron chi connectivity index (χ3n) is 4.72. The quantitative estimate of drug-likeness (QED) is 0.206. The van der Waals surface area contributed by atoms with Gasteiger partial charge in [0.1, 0.15) is 5.00 Å². The molecule has 0 radical (unpaired) electrons. The van der Waals surface area contributed by atoms with E-state index in [1.165, 1.54) is 42.7 Å². The second kappa shape index (κ2) is 11.0. The van der Waals surface area contributed by atoms with Crippen LogP contribution in [-0.2, 0) is 14.8 Å². The van der Waals surface area contributed by atoms with Gasteiger partial charge in [0.05, 0.1) is 17.6 Å². The molecule has 0 amide bonds. The van der Waals surface area contributed by atoms with E-state index in [1.54, 1.807) is 18.2 Å². The van der Waals surface area contributed by atoms with Crippen molar-refractivity contribution in [2.75, 3.05) is 22.5 Å². The number of rotatable bonds is 7. The second-order valence-corrected chi connectivity index (χ2v) is 10.7. The third-order valence-corrected chi connectivity index (χ3v) is 7.59. The highest BCUT2D eigenvalue weighted by atomic mass is 35.5. The summed E-state index contributed by atoms with van der Waals surface area (Å²) in [6.07, 6.45) is 0. The van der Waals surface area contributed by atoms with Crippen LogP contribution in [-0.4, -0.2) is 36.8 Å². The maximum Gasteiger partial charge on any atom is 0.340 e. The Hall–Kier alpha value is -3.58. The molecular formula is C23H18ClN5O4S3. The molecule has 0 fully saturated rings. The molecule has 4 rings (SSSR count). The largest absolute Gasteiger partial charge is 0.465 e. The lowest BCUT2D eigenvalue weighted by atomic mass is 10.1. The molecule has 0 aliphatic carbocycles. The molecule has 0 atom stereocenters.